The highest BCUT2D eigenvalue weighted by Crippen LogP contribution is 2.42. The first kappa shape index (κ1) is 22.9. The summed E-state index contributed by atoms with van der Waals surface area (Å²) in [7, 11) is 0. The lowest BCUT2D eigenvalue weighted by Gasteiger charge is -2.40. The summed E-state index contributed by atoms with van der Waals surface area (Å²) in [5.74, 6) is 0.748. The number of aliphatic hydroxyl groups excluding tert-OH is 4. The zero-order valence-corrected chi connectivity index (χ0v) is 18.5. The zero-order valence-electron chi connectivity index (χ0n) is 17.7. The van der Waals surface area contributed by atoms with Crippen LogP contribution in [-0.4, -0.2) is 67.2 Å². The lowest BCUT2D eigenvalue weighted by molar-refractivity contribution is -0.250. The number of aromatic hydroxyl groups is 1. The molecular formula is C23H27NO7S. The van der Waals surface area contributed by atoms with E-state index in [9.17, 15) is 25.5 Å². The average Bonchev–Trinajstić information content (AvgIpc) is 3.13. The summed E-state index contributed by atoms with van der Waals surface area (Å²) in [4.78, 5) is 1.74. The van der Waals surface area contributed by atoms with Crippen LogP contribution < -0.4 is 4.74 Å². The van der Waals surface area contributed by atoms with Crippen LogP contribution in [0.25, 0.3) is 10.9 Å². The van der Waals surface area contributed by atoms with Gasteiger partial charge >= 0.3 is 0 Å². The number of fused-ring (bicyclic) bond motifs is 1. The van der Waals surface area contributed by atoms with Gasteiger partial charge in [0.15, 0.2) is 6.23 Å². The van der Waals surface area contributed by atoms with Gasteiger partial charge in [0, 0.05) is 21.4 Å². The summed E-state index contributed by atoms with van der Waals surface area (Å²) in [5, 5.41) is 51.7. The number of hydrogen-bond donors (Lipinski definition) is 5. The highest BCUT2D eigenvalue weighted by Gasteiger charge is 2.44. The van der Waals surface area contributed by atoms with Crippen molar-refractivity contribution in [3.8, 4) is 11.5 Å². The molecule has 5 N–H and O–H groups in total. The van der Waals surface area contributed by atoms with Crippen LogP contribution in [0.5, 0.6) is 11.5 Å². The molecule has 2 heterocycles. The third-order valence-electron chi connectivity index (χ3n) is 5.36. The molecule has 2 aromatic carbocycles. The molecule has 3 aromatic rings. The van der Waals surface area contributed by atoms with Crippen LogP contribution in [0.2, 0.25) is 0 Å². The summed E-state index contributed by atoms with van der Waals surface area (Å²) in [6.45, 7) is 3.39. The SMILES string of the molecule is CC(C)Oc1ccc(Sc2cn([C@@H]3O[C@H](CO)[C@@H](O)[C@H](O)[C@H]3O)c3c(O)cccc23)cc1. The Labute approximate surface area is 189 Å². The van der Waals surface area contributed by atoms with E-state index in [1.54, 1.807) is 12.3 Å². The van der Waals surface area contributed by atoms with Crippen LogP contribution in [0.15, 0.2) is 58.5 Å². The molecule has 0 saturated carbocycles. The van der Waals surface area contributed by atoms with E-state index in [1.807, 2.05) is 44.2 Å². The molecule has 0 aliphatic carbocycles. The molecule has 1 fully saturated rings. The highest BCUT2D eigenvalue weighted by molar-refractivity contribution is 7.99. The van der Waals surface area contributed by atoms with Gasteiger partial charge in [-0.15, -0.1) is 0 Å². The maximum atomic E-state index is 10.6. The molecule has 1 saturated heterocycles. The predicted octanol–water partition coefficient (Wildman–Crippen LogP) is 2.26. The Bertz CT molecular complexity index is 1070. The minimum absolute atomic E-state index is 0.0213. The number of nitrogens with zero attached hydrogens (tertiary/aromatic N) is 1. The van der Waals surface area contributed by atoms with E-state index in [2.05, 4.69) is 0 Å². The minimum atomic E-state index is -1.51. The topological polar surface area (TPSA) is 125 Å². The molecule has 0 amide bonds. The molecule has 1 aromatic heterocycles. The second kappa shape index (κ2) is 9.30. The van der Waals surface area contributed by atoms with Crippen LogP contribution in [0.3, 0.4) is 0 Å². The molecule has 0 radical (unpaired) electrons. The lowest BCUT2D eigenvalue weighted by atomic mass is 9.98. The summed E-state index contributed by atoms with van der Waals surface area (Å²) < 4.78 is 12.9. The Kier molecular flexibility index (Phi) is 6.66. The van der Waals surface area contributed by atoms with E-state index in [0.29, 0.717) is 5.52 Å². The first-order valence-electron chi connectivity index (χ1n) is 10.4. The molecule has 5 atom stereocenters. The Hall–Kier alpha value is -2.27. The molecule has 0 bridgehead atoms. The van der Waals surface area contributed by atoms with Gasteiger partial charge in [-0.25, -0.2) is 0 Å². The van der Waals surface area contributed by atoms with E-state index < -0.39 is 37.3 Å². The molecular weight excluding hydrogens is 434 g/mol. The maximum Gasteiger partial charge on any atom is 0.163 e. The number of hydrogen-bond acceptors (Lipinski definition) is 8. The summed E-state index contributed by atoms with van der Waals surface area (Å²) in [6.07, 6.45) is -4.80. The normalized spacial score (nSPS) is 26.0. The van der Waals surface area contributed by atoms with Crippen molar-refractivity contribution in [1.82, 2.24) is 4.57 Å². The van der Waals surface area contributed by atoms with E-state index in [4.69, 9.17) is 9.47 Å². The number of rotatable bonds is 6. The number of ether oxygens (including phenoxy) is 2. The van der Waals surface area contributed by atoms with Crippen molar-refractivity contribution in [3.63, 3.8) is 0 Å². The summed E-state index contributed by atoms with van der Waals surface area (Å²) in [6, 6.07) is 12.7. The number of benzene rings is 2. The molecule has 172 valence electrons. The van der Waals surface area contributed by atoms with Crippen LogP contribution in [0.1, 0.15) is 20.1 Å². The fraction of sp³-hybridized carbons (Fsp3) is 0.391. The number of aromatic nitrogens is 1. The molecule has 8 nitrogen and oxygen atoms in total. The maximum absolute atomic E-state index is 10.6. The third-order valence-corrected chi connectivity index (χ3v) is 6.41. The van der Waals surface area contributed by atoms with Gasteiger partial charge in [0.25, 0.3) is 0 Å². The molecule has 1 aliphatic rings. The Morgan fingerprint density at radius 1 is 1.03 bits per heavy atom. The second-order valence-corrected chi connectivity index (χ2v) is 9.15. The Balaban J connectivity index is 1.71. The van der Waals surface area contributed by atoms with Crippen molar-refractivity contribution < 1.29 is 35.0 Å². The van der Waals surface area contributed by atoms with Crippen molar-refractivity contribution in [2.24, 2.45) is 0 Å². The number of para-hydroxylation sites is 1. The zero-order chi connectivity index (χ0) is 23.0. The fourth-order valence-electron chi connectivity index (χ4n) is 3.84. The molecule has 4 rings (SSSR count). The first-order valence-corrected chi connectivity index (χ1v) is 11.2. The van der Waals surface area contributed by atoms with Crippen LogP contribution in [0.4, 0.5) is 0 Å². The minimum Gasteiger partial charge on any atom is -0.506 e. The smallest absolute Gasteiger partial charge is 0.163 e. The first-order chi connectivity index (χ1) is 15.3. The van der Waals surface area contributed by atoms with Crippen molar-refractivity contribution in [2.75, 3.05) is 6.61 Å². The Morgan fingerprint density at radius 2 is 1.75 bits per heavy atom. The van der Waals surface area contributed by atoms with Gasteiger partial charge < -0.3 is 39.6 Å². The number of phenols is 1. The lowest BCUT2D eigenvalue weighted by Crippen LogP contribution is -2.56. The van der Waals surface area contributed by atoms with Crippen molar-refractivity contribution >= 4 is 22.7 Å². The quantitative estimate of drug-likeness (QED) is 0.379. The van der Waals surface area contributed by atoms with Crippen LogP contribution in [-0.2, 0) is 4.74 Å². The van der Waals surface area contributed by atoms with Gasteiger partial charge in [0.2, 0.25) is 0 Å². The van der Waals surface area contributed by atoms with E-state index in [0.717, 1.165) is 20.9 Å². The molecule has 0 spiro atoms. The number of phenolic OH excluding ortho intramolecular Hbond substituents is 1. The van der Waals surface area contributed by atoms with Crippen molar-refractivity contribution in [2.45, 2.75) is 60.4 Å². The van der Waals surface area contributed by atoms with Gasteiger partial charge in [-0.3, -0.25) is 0 Å². The van der Waals surface area contributed by atoms with Gasteiger partial charge in [-0.1, -0.05) is 23.9 Å². The van der Waals surface area contributed by atoms with E-state index in [-0.39, 0.29) is 11.9 Å². The third kappa shape index (κ3) is 4.32. The van der Waals surface area contributed by atoms with E-state index in [1.165, 1.54) is 22.4 Å². The average molecular weight is 462 g/mol. The van der Waals surface area contributed by atoms with Crippen LogP contribution >= 0.6 is 11.8 Å². The second-order valence-electron chi connectivity index (χ2n) is 8.03. The molecule has 1 aliphatic heterocycles. The van der Waals surface area contributed by atoms with Gasteiger partial charge in [0.05, 0.1) is 18.2 Å². The molecule has 0 unspecified atom stereocenters. The summed E-state index contributed by atoms with van der Waals surface area (Å²) >= 11 is 1.46. The van der Waals surface area contributed by atoms with E-state index >= 15 is 0 Å². The summed E-state index contributed by atoms with van der Waals surface area (Å²) in [5.41, 5.74) is 0.416. The largest absolute Gasteiger partial charge is 0.506 e. The Morgan fingerprint density at radius 3 is 2.41 bits per heavy atom. The van der Waals surface area contributed by atoms with Crippen LogP contribution in [0, 0.1) is 0 Å². The molecule has 32 heavy (non-hydrogen) atoms. The number of aliphatic hydroxyl groups is 4. The van der Waals surface area contributed by atoms with Gasteiger partial charge in [-0.2, -0.15) is 0 Å². The predicted molar refractivity (Wildman–Crippen MR) is 119 cm³/mol. The highest BCUT2D eigenvalue weighted by atomic mass is 32.2. The standard InChI is InChI=1S/C23H27NO7S/c1-12(2)30-13-6-8-14(9-7-13)32-18-10-24(19-15(18)4-3-5-16(19)26)23-22(29)21(28)20(27)17(11-25)31-23/h3-10,12,17,20-23,25-29H,11H2,1-2H3/t17-,20-,21+,22-,23-/m1/s1. The van der Waals surface area contributed by atoms with Gasteiger partial charge in [-0.05, 0) is 44.2 Å². The monoisotopic (exact) mass is 461 g/mol. The fourth-order valence-corrected chi connectivity index (χ4v) is 4.81. The van der Waals surface area contributed by atoms with Crippen molar-refractivity contribution in [1.29, 1.82) is 0 Å². The van der Waals surface area contributed by atoms with Crippen molar-refractivity contribution in [3.05, 3.63) is 48.7 Å². The van der Waals surface area contributed by atoms with Gasteiger partial charge in [0.1, 0.15) is 35.9 Å². The molecule has 9 heteroatoms.